The molecule has 1 aromatic carbocycles. The van der Waals surface area contributed by atoms with Gasteiger partial charge in [0.2, 0.25) is 10.0 Å². The van der Waals surface area contributed by atoms with Crippen molar-refractivity contribution in [3.05, 3.63) is 18.2 Å². The minimum Gasteiger partial charge on any atom is -0.395 e. The van der Waals surface area contributed by atoms with E-state index in [4.69, 9.17) is 18.0 Å². The van der Waals surface area contributed by atoms with Crippen LogP contribution in [-0.4, -0.2) is 25.0 Å². The molecular formula is C11H12F2N2O4S2. The molecule has 0 fully saturated rings. The molecule has 6 nitrogen and oxygen atoms in total. The number of sulfonamides is 1. The second-order valence-electron chi connectivity index (χ2n) is 4.28. The van der Waals surface area contributed by atoms with Crippen LogP contribution in [-0.2, 0) is 10.0 Å². The van der Waals surface area contributed by atoms with Gasteiger partial charge in [0, 0.05) is 6.07 Å². The van der Waals surface area contributed by atoms with Gasteiger partial charge in [-0.25, -0.2) is 8.42 Å². The minimum atomic E-state index is -3.87. The first kappa shape index (κ1) is 15.7. The number of rotatable bonds is 5. The zero-order valence-electron chi connectivity index (χ0n) is 10.8. The Bertz CT molecular complexity index is 679. The molecule has 3 N–H and O–H groups in total. The molecule has 1 atom stereocenters. The van der Waals surface area contributed by atoms with Crippen molar-refractivity contribution >= 4 is 32.9 Å². The van der Waals surface area contributed by atoms with Gasteiger partial charge in [0.25, 0.3) is 0 Å². The molecule has 21 heavy (non-hydrogen) atoms. The lowest BCUT2D eigenvalue weighted by atomic mass is 10.3. The molecule has 1 unspecified atom stereocenters. The van der Waals surface area contributed by atoms with Crippen LogP contribution in [0.15, 0.2) is 18.2 Å². The third kappa shape index (κ3) is 3.32. The number of hydrogen-bond acceptors (Lipinski definition) is 5. The van der Waals surface area contributed by atoms with Crippen LogP contribution in [0.25, 0.3) is 0 Å². The lowest BCUT2D eigenvalue weighted by Gasteiger charge is -2.16. The van der Waals surface area contributed by atoms with Crippen LogP contribution in [0.5, 0.6) is 11.5 Å². The molecule has 0 bridgehead atoms. The number of hydrogen-bond donors (Lipinski definition) is 2. The first-order valence-corrected chi connectivity index (χ1v) is 7.81. The molecule has 0 aliphatic carbocycles. The molecule has 0 aromatic heterocycles. The predicted octanol–water partition coefficient (Wildman–Crippen LogP) is 1.81. The third-order valence-corrected chi connectivity index (χ3v) is 5.01. The Balaban J connectivity index is 2.24. The van der Waals surface area contributed by atoms with Crippen molar-refractivity contribution in [2.24, 2.45) is 5.73 Å². The Kier molecular flexibility index (Phi) is 3.93. The number of thiocarbonyl (C=S) groups is 1. The average Bonchev–Trinajstić information content (AvgIpc) is 2.61. The van der Waals surface area contributed by atoms with E-state index >= 15 is 0 Å². The summed E-state index contributed by atoms with van der Waals surface area (Å²) in [5.74, 6) is -0.437. The molecule has 0 saturated carbocycles. The lowest BCUT2D eigenvalue weighted by molar-refractivity contribution is -0.286. The first-order valence-electron chi connectivity index (χ1n) is 5.85. The van der Waals surface area contributed by atoms with Crippen LogP contribution >= 0.6 is 12.2 Å². The van der Waals surface area contributed by atoms with Crippen molar-refractivity contribution in [2.75, 3.05) is 4.72 Å². The summed E-state index contributed by atoms with van der Waals surface area (Å²) in [5, 5.41) is -1.06. The smallest absolute Gasteiger partial charge is 0.395 e. The van der Waals surface area contributed by atoms with Gasteiger partial charge >= 0.3 is 6.29 Å². The molecule has 116 valence electrons. The molecule has 10 heteroatoms. The number of alkyl halides is 2. The molecule has 2 rings (SSSR count). The highest BCUT2D eigenvalue weighted by Crippen LogP contribution is 2.42. The Labute approximate surface area is 125 Å². The fraction of sp³-hybridized carbons (Fsp3) is 0.364. The van der Waals surface area contributed by atoms with E-state index < -0.39 is 21.6 Å². The summed E-state index contributed by atoms with van der Waals surface area (Å²) in [4.78, 5) is -0.169. The Hall–Kier alpha value is -1.68. The van der Waals surface area contributed by atoms with Crippen molar-refractivity contribution in [1.82, 2.24) is 0 Å². The van der Waals surface area contributed by atoms with Gasteiger partial charge in [-0.15, -0.1) is 8.78 Å². The third-order valence-electron chi connectivity index (χ3n) is 2.72. The predicted molar refractivity (Wildman–Crippen MR) is 76.1 cm³/mol. The highest BCUT2D eigenvalue weighted by atomic mass is 32.2. The van der Waals surface area contributed by atoms with Gasteiger partial charge in [-0.2, -0.15) is 0 Å². The number of nitrogens with one attached hydrogen (secondary N) is 1. The van der Waals surface area contributed by atoms with Gasteiger partial charge in [0.1, 0.15) is 5.25 Å². The Morgan fingerprint density at radius 1 is 1.43 bits per heavy atom. The normalized spacial score (nSPS) is 17.3. The maximum atomic E-state index is 12.9. The van der Waals surface area contributed by atoms with Crippen molar-refractivity contribution in [3.63, 3.8) is 0 Å². The topological polar surface area (TPSA) is 90.7 Å². The Morgan fingerprint density at radius 2 is 2.05 bits per heavy atom. The highest BCUT2D eigenvalue weighted by molar-refractivity contribution is 7.95. The highest BCUT2D eigenvalue weighted by Gasteiger charge is 2.43. The molecule has 1 aliphatic heterocycles. The number of nitrogens with two attached hydrogens (primary N) is 1. The zero-order chi connectivity index (χ0) is 15.8. The molecule has 0 saturated heterocycles. The fourth-order valence-corrected chi connectivity index (χ4v) is 3.71. The van der Waals surface area contributed by atoms with Gasteiger partial charge in [-0.3, -0.25) is 4.72 Å². The van der Waals surface area contributed by atoms with Crippen LogP contribution in [0, 0.1) is 0 Å². The van der Waals surface area contributed by atoms with Crippen molar-refractivity contribution < 1.29 is 26.7 Å². The average molecular weight is 338 g/mol. The van der Waals surface area contributed by atoms with Crippen LogP contribution < -0.4 is 19.9 Å². The summed E-state index contributed by atoms with van der Waals surface area (Å²) in [7, 11) is -3.87. The van der Waals surface area contributed by atoms with E-state index in [2.05, 4.69) is 14.2 Å². The van der Waals surface area contributed by atoms with Crippen LogP contribution in [0.4, 0.5) is 14.5 Å². The van der Waals surface area contributed by atoms with E-state index in [0.29, 0.717) is 0 Å². The molecule has 1 heterocycles. The van der Waals surface area contributed by atoms with Crippen LogP contribution in [0.2, 0.25) is 0 Å². The van der Waals surface area contributed by atoms with Gasteiger partial charge in [-0.05, 0) is 18.6 Å². The number of anilines is 1. The van der Waals surface area contributed by atoms with E-state index in [1.54, 1.807) is 6.92 Å². The van der Waals surface area contributed by atoms with E-state index in [-0.39, 0.29) is 28.6 Å². The van der Waals surface area contributed by atoms with Crippen molar-refractivity contribution in [2.45, 2.75) is 24.9 Å². The van der Waals surface area contributed by atoms with E-state index in [1.807, 2.05) is 0 Å². The quantitative estimate of drug-likeness (QED) is 0.796. The minimum absolute atomic E-state index is 0.0461. The lowest BCUT2D eigenvalue weighted by Crippen LogP contribution is -2.37. The zero-order valence-corrected chi connectivity index (χ0v) is 12.4. The first-order chi connectivity index (χ1) is 9.64. The monoisotopic (exact) mass is 338 g/mol. The maximum Gasteiger partial charge on any atom is 0.586 e. The van der Waals surface area contributed by atoms with E-state index in [9.17, 15) is 17.2 Å². The number of benzene rings is 1. The van der Waals surface area contributed by atoms with Crippen molar-refractivity contribution in [3.8, 4) is 11.5 Å². The molecule has 1 aromatic rings. The molecule has 0 amide bonds. The molecule has 1 aliphatic rings. The molecule has 0 radical (unpaired) electrons. The van der Waals surface area contributed by atoms with Gasteiger partial charge in [0.05, 0.1) is 10.7 Å². The Morgan fingerprint density at radius 3 is 2.62 bits per heavy atom. The summed E-state index contributed by atoms with van der Waals surface area (Å²) < 4.78 is 60.6. The standard InChI is InChI=1S/C11H12F2N2O4S2/c1-2-9(10(14)20)21(16,17)15-6-3-4-7-8(5-6)19-11(12,13)18-7/h3-5,9,15H,2H2,1H3,(H2,14,20). The summed E-state index contributed by atoms with van der Waals surface area (Å²) in [6.45, 7) is 1.61. The molecular weight excluding hydrogens is 326 g/mol. The largest absolute Gasteiger partial charge is 0.586 e. The van der Waals surface area contributed by atoms with Crippen molar-refractivity contribution in [1.29, 1.82) is 0 Å². The van der Waals surface area contributed by atoms with Crippen LogP contribution in [0.3, 0.4) is 0 Å². The number of fused-ring (bicyclic) bond motifs is 1. The van der Waals surface area contributed by atoms with Crippen LogP contribution in [0.1, 0.15) is 13.3 Å². The maximum absolute atomic E-state index is 12.9. The SMILES string of the molecule is CCC(C(N)=S)S(=O)(=O)Nc1ccc2c(c1)OC(F)(F)O2. The summed E-state index contributed by atoms with van der Waals surface area (Å²) in [6.07, 6.45) is -3.57. The van der Waals surface area contributed by atoms with Gasteiger partial charge in [-0.1, -0.05) is 19.1 Å². The summed E-state index contributed by atoms with van der Waals surface area (Å²) in [5.41, 5.74) is 5.43. The summed E-state index contributed by atoms with van der Waals surface area (Å²) in [6, 6.07) is 3.54. The fourth-order valence-electron chi connectivity index (χ4n) is 1.82. The van der Waals surface area contributed by atoms with E-state index in [1.165, 1.54) is 12.1 Å². The van der Waals surface area contributed by atoms with Gasteiger partial charge in [0.15, 0.2) is 11.5 Å². The summed E-state index contributed by atoms with van der Waals surface area (Å²) >= 11 is 4.70. The second kappa shape index (κ2) is 5.26. The number of ether oxygens (including phenoxy) is 2. The number of halogens is 2. The second-order valence-corrected chi connectivity index (χ2v) is 6.61. The molecule has 0 spiro atoms. The van der Waals surface area contributed by atoms with E-state index in [0.717, 1.165) is 6.07 Å². The van der Waals surface area contributed by atoms with Gasteiger partial charge < -0.3 is 15.2 Å².